The van der Waals surface area contributed by atoms with Crippen LogP contribution < -0.4 is 9.80 Å². The third kappa shape index (κ3) is 5.26. The van der Waals surface area contributed by atoms with Crippen molar-refractivity contribution in [3.8, 4) is 0 Å². The van der Waals surface area contributed by atoms with Crippen LogP contribution in [0.3, 0.4) is 0 Å². The van der Waals surface area contributed by atoms with Crippen molar-refractivity contribution < 1.29 is 9.69 Å². The summed E-state index contributed by atoms with van der Waals surface area (Å²) in [5.74, 6) is -0.0158. The molecule has 1 atom stereocenters. The van der Waals surface area contributed by atoms with Gasteiger partial charge in [-0.15, -0.1) is 23.1 Å². The molecule has 29 heavy (non-hydrogen) atoms. The maximum atomic E-state index is 12.5. The number of anilines is 2. The third-order valence-electron chi connectivity index (χ3n) is 4.86. The second-order valence-corrected chi connectivity index (χ2v) is 9.09. The Morgan fingerprint density at radius 2 is 1.76 bits per heavy atom. The van der Waals surface area contributed by atoms with Crippen molar-refractivity contribution in [2.75, 3.05) is 18.2 Å². The van der Waals surface area contributed by atoms with Gasteiger partial charge in [-0.05, 0) is 43.4 Å². The summed E-state index contributed by atoms with van der Waals surface area (Å²) in [6.45, 7) is 7.43. The molecule has 4 nitrogen and oxygen atoms in total. The first-order valence-corrected chi connectivity index (χ1v) is 11.7. The van der Waals surface area contributed by atoms with E-state index in [1.54, 1.807) is 23.6 Å². The molecule has 0 saturated carbocycles. The molecule has 1 N–H and O–H groups in total. The molecule has 0 spiro atoms. The third-order valence-corrected chi connectivity index (χ3v) is 6.47. The van der Waals surface area contributed by atoms with Crippen molar-refractivity contribution in [1.29, 1.82) is 0 Å². The van der Waals surface area contributed by atoms with Gasteiger partial charge in [0.1, 0.15) is 18.8 Å². The molecule has 3 rings (SSSR count). The van der Waals surface area contributed by atoms with Crippen molar-refractivity contribution >= 4 is 39.8 Å². The molecule has 0 radical (unpaired) electrons. The Bertz CT molecular complexity index is 962. The van der Waals surface area contributed by atoms with Gasteiger partial charge in [0.15, 0.2) is 5.13 Å². The minimum absolute atomic E-state index is 0.0158. The highest BCUT2D eigenvalue weighted by Gasteiger charge is 2.22. The zero-order valence-electron chi connectivity index (χ0n) is 17.7. The molecule has 0 fully saturated rings. The lowest BCUT2D eigenvalue weighted by molar-refractivity contribution is -0.908. The average Bonchev–Trinajstić information content (AvgIpc) is 3.12. The Morgan fingerprint density at radius 3 is 2.34 bits per heavy atom. The number of rotatable bonds is 7. The number of para-hydroxylation sites is 1. The minimum Gasteiger partial charge on any atom is -0.329 e. The van der Waals surface area contributed by atoms with Crippen molar-refractivity contribution in [3.63, 3.8) is 0 Å². The first-order chi connectivity index (χ1) is 13.9. The Labute approximate surface area is 181 Å². The maximum absolute atomic E-state index is 12.5. The van der Waals surface area contributed by atoms with E-state index in [1.165, 1.54) is 26.7 Å². The first-order valence-electron chi connectivity index (χ1n) is 9.64. The van der Waals surface area contributed by atoms with Crippen molar-refractivity contribution in [1.82, 2.24) is 4.98 Å². The van der Waals surface area contributed by atoms with E-state index >= 15 is 0 Å². The first kappa shape index (κ1) is 21.6. The van der Waals surface area contributed by atoms with E-state index in [-0.39, 0.29) is 5.91 Å². The molecule has 152 valence electrons. The highest BCUT2D eigenvalue weighted by molar-refractivity contribution is 7.98. The van der Waals surface area contributed by atoms with Gasteiger partial charge >= 0.3 is 0 Å². The van der Waals surface area contributed by atoms with Crippen LogP contribution in [-0.4, -0.2) is 24.2 Å². The standard InChI is InChI=1S/C23H27N3OS2/c1-16-7-6-8-17(2)22(16)26(18(3)27)23-24-20(15-29-23)14-25(4)13-19-9-11-21(28-5)12-10-19/h6-12,15H,13-14H2,1-5H3/p+1. The Kier molecular flexibility index (Phi) is 7.11. The number of hydrogen-bond acceptors (Lipinski definition) is 4. The molecule has 1 aromatic heterocycles. The van der Waals surface area contributed by atoms with Crippen LogP contribution in [0.1, 0.15) is 29.3 Å². The molecule has 0 bridgehead atoms. The molecule has 6 heteroatoms. The summed E-state index contributed by atoms with van der Waals surface area (Å²) in [4.78, 5) is 21.6. The summed E-state index contributed by atoms with van der Waals surface area (Å²) in [6.07, 6.45) is 2.09. The fraction of sp³-hybridized carbons (Fsp3) is 0.304. The number of hydrogen-bond donors (Lipinski definition) is 1. The summed E-state index contributed by atoms with van der Waals surface area (Å²) in [6, 6.07) is 14.8. The van der Waals surface area contributed by atoms with Crippen LogP contribution in [-0.2, 0) is 17.9 Å². The van der Waals surface area contributed by atoms with Gasteiger partial charge in [-0.3, -0.25) is 9.69 Å². The second-order valence-electron chi connectivity index (χ2n) is 7.37. The second kappa shape index (κ2) is 9.57. The summed E-state index contributed by atoms with van der Waals surface area (Å²) >= 11 is 3.29. The van der Waals surface area contributed by atoms with E-state index in [0.717, 1.165) is 40.7 Å². The molecule has 1 amide bonds. The topological polar surface area (TPSA) is 37.6 Å². The molecule has 0 aliphatic heterocycles. The molecule has 0 aliphatic rings. The molecule has 1 unspecified atom stereocenters. The summed E-state index contributed by atoms with van der Waals surface area (Å²) in [5, 5.41) is 2.81. The smallest absolute Gasteiger partial charge is 0.230 e. The van der Waals surface area contributed by atoms with Crippen LogP contribution in [0.2, 0.25) is 0 Å². The van der Waals surface area contributed by atoms with Gasteiger partial charge in [0.2, 0.25) is 5.91 Å². The zero-order chi connectivity index (χ0) is 21.0. The number of nitrogens with zero attached hydrogens (tertiary/aromatic N) is 2. The maximum Gasteiger partial charge on any atom is 0.230 e. The largest absolute Gasteiger partial charge is 0.329 e. The number of quaternary nitrogens is 1. The van der Waals surface area contributed by atoms with Gasteiger partial charge in [0.05, 0.1) is 12.7 Å². The SMILES string of the molecule is CSc1ccc(C[NH+](C)Cc2csc(N(C(C)=O)c3c(C)cccc3C)n2)cc1. The van der Waals surface area contributed by atoms with Crippen LogP contribution in [0.5, 0.6) is 0 Å². The van der Waals surface area contributed by atoms with E-state index in [2.05, 4.69) is 42.9 Å². The Hall–Kier alpha value is -2.15. The van der Waals surface area contributed by atoms with Gasteiger partial charge in [-0.2, -0.15) is 0 Å². The number of thioether (sulfide) groups is 1. The van der Waals surface area contributed by atoms with E-state index < -0.39 is 0 Å². The van der Waals surface area contributed by atoms with E-state index in [9.17, 15) is 4.79 Å². The van der Waals surface area contributed by atoms with Gasteiger partial charge in [0.25, 0.3) is 0 Å². The number of aryl methyl sites for hydroxylation is 2. The van der Waals surface area contributed by atoms with E-state index in [1.807, 2.05) is 32.0 Å². The number of carbonyl (C=O) groups excluding carboxylic acids is 1. The summed E-state index contributed by atoms with van der Waals surface area (Å²) in [5.41, 5.74) is 5.43. The van der Waals surface area contributed by atoms with Gasteiger partial charge < -0.3 is 4.90 Å². The van der Waals surface area contributed by atoms with Crippen LogP contribution >= 0.6 is 23.1 Å². The molecule has 2 aromatic carbocycles. The fourth-order valence-corrected chi connectivity index (χ4v) is 4.77. The van der Waals surface area contributed by atoms with Gasteiger partial charge in [0, 0.05) is 22.8 Å². The average molecular weight is 427 g/mol. The number of thiazole rings is 1. The van der Waals surface area contributed by atoms with Crippen LogP contribution in [0.15, 0.2) is 52.7 Å². The molecule has 1 heterocycles. The van der Waals surface area contributed by atoms with Crippen molar-refractivity contribution in [3.05, 3.63) is 70.2 Å². The molecule has 3 aromatic rings. The summed E-state index contributed by atoms with van der Waals surface area (Å²) < 4.78 is 0. The zero-order valence-corrected chi connectivity index (χ0v) is 19.3. The van der Waals surface area contributed by atoms with Gasteiger partial charge in [-0.1, -0.05) is 30.3 Å². The van der Waals surface area contributed by atoms with E-state index in [0.29, 0.717) is 0 Å². The lowest BCUT2D eigenvalue weighted by atomic mass is 10.1. The lowest BCUT2D eigenvalue weighted by Crippen LogP contribution is -3.06. The highest BCUT2D eigenvalue weighted by Crippen LogP contribution is 2.33. The fourth-order valence-electron chi connectivity index (χ4n) is 3.49. The normalized spacial score (nSPS) is 12.0. The minimum atomic E-state index is -0.0158. The van der Waals surface area contributed by atoms with Gasteiger partial charge in [-0.25, -0.2) is 4.98 Å². The van der Waals surface area contributed by atoms with Crippen LogP contribution in [0.4, 0.5) is 10.8 Å². The van der Waals surface area contributed by atoms with E-state index in [4.69, 9.17) is 4.98 Å². The van der Waals surface area contributed by atoms with Crippen molar-refractivity contribution in [2.24, 2.45) is 0 Å². The lowest BCUT2D eigenvalue weighted by Gasteiger charge is -2.22. The monoisotopic (exact) mass is 426 g/mol. The van der Waals surface area contributed by atoms with Crippen LogP contribution in [0, 0.1) is 13.8 Å². The molecule has 0 aliphatic carbocycles. The number of benzene rings is 2. The molecular weight excluding hydrogens is 398 g/mol. The predicted octanol–water partition coefficient (Wildman–Crippen LogP) is 4.38. The number of amides is 1. The predicted molar refractivity (Wildman–Crippen MR) is 123 cm³/mol. The Morgan fingerprint density at radius 1 is 1.10 bits per heavy atom. The highest BCUT2D eigenvalue weighted by atomic mass is 32.2. The number of nitrogens with one attached hydrogen (secondary N) is 1. The molecule has 0 saturated heterocycles. The van der Waals surface area contributed by atoms with Crippen molar-refractivity contribution in [2.45, 2.75) is 38.8 Å². The van der Waals surface area contributed by atoms with Crippen LogP contribution in [0.25, 0.3) is 0 Å². The summed E-state index contributed by atoms with van der Waals surface area (Å²) in [7, 11) is 2.18. The number of carbonyl (C=O) groups is 1. The number of aromatic nitrogens is 1. The Balaban J connectivity index is 1.75. The quantitative estimate of drug-likeness (QED) is 0.570. The molecular formula is C23H28N3OS2+.